The molecule has 3 aliphatic heterocycles. The molecule has 0 saturated carbocycles. The Hall–Kier alpha value is -6.59. The van der Waals surface area contributed by atoms with Gasteiger partial charge in [-0.3, -0.25) is 33.6 Å². The summed E-state index contributed by atoms with van der Waals surface area (Å²) in [4.78, 5) is 103. The summed E-state index contributed by atoms with van der Waals surface area (Å²) in [7, 11) is 0. The monoisotopic (exact) mass is 1120 g/mol. The third kappa shape index (κ3) is 15.9. The Morgan fingerprint density at radius 1 is 0.725 bits per heavy atom. The van der Waals surface area contributed by atoms with Crippen molar-refractivity contribution in [2.24, 2.45) is 11.5 Å². The zero-order valence-corrected chi connectivity index (χ0v) is 44.8. The smallest absolute Gasteiger partial charge is 0.251 e. The molecule has 26 heteroatoms. The maximum atomic E-state index is 14.6. The van der Waals surface area contributed by atoms with E-state index < -0.39 is 146 Å². The van der Waals surface area contributed by atoms with Gasteiger partial charge in [-0.05, 0) is 85.5 Å². The first kappa shape index (κ1) is 62.6. The summed E-state index contributed by atoms with van der Waals surface area (Å²) < 4.78 is 11.7. The lowest BCUT2D eigenvalue weighted by Crippen LogP contribution is -2.64. The van der Waals surface area contributed by atoms with Crippen LogP contribution in [0.15, 0.2) is 60.7 Å². The maximum Gasteiger partial charge on any atom is 0.251 e. The van der Waals surface area contributed by atoms with Gasteiger partial charge in [0.2, 0.25) is 35.4 Å². The molecule has 3 saturated heterocycles. The van der Waals surface area contributed by atoms with Crippen molar-refractivity contribution in [3.05, 3.63) is 71.8 Å². The molecule has 3 aromatic carbocycles. The number of benzene rings is 3. The number of amides is 7. The van der Waals surface area contributed by atoms with Crippen LogP contribution in [0, 0.1) is 0 Å². The van der Waals surface area contributed by atoms with Gasteiger partial charge in [-0.25, -0.2) is 0 Å². The van der Waals surface area contributed by atoms with Gasteiger partial charge in [0.1, 0.15) is 66.1 Å². The molecule has 0 bridgehead atoms. The number of phenols is 1. The number of unbranched alkanes of at least 4 members (excludes halogenated alkanes) is 4. The fourth-order valence-electron chi connectivity index (χ4n) is 10.0. The van der Waals surface area contributed by atoms with E-state index in [1.54, 1.807) is 24.3 Å². The van der Waals surface area contributed by atoms with Crippen LogP contribution in [0.4, 0.5) is 0 Å². The number of nitrogens with zero attached hydrogens (tertiary/aromatic N) is 2. The molecule has 3 fully saturated rings. The number of carbonyl (C=O) groups excluding carboxylic acids is 7. The molecule has 0 aromatic heterocycles. The van der Waals surface area contributed by atoms with Crippen molar-refractivity contribution in [2.45, 2.75) is 157 Å². The van der Waals surface area contributed by atoms with E-state index in [4.69, 9.17) is 20.9 Å². The van der Waals surface area contributed by atoms with Gasteiger partial charge in [-0.1, -0.05) is 56.9 Å². The average molecular weight is 1120 g/mol. The molecular weight excluding hydrogens is 1050 g/mol. The van der Waals surface area contributed by atoms with Gasteiger partial charge >= 0.3 is 0 Å². The molecule has 3 aliphatic rings. The van der Waals surface area contributed by atoms with Gasteiger partial charge in [-0.15, -0.1) is 0 Å². The van der Waals surface area contributed by atoms with Crippen molar-refractivity contribution < 1.29 is 83.9 Å². The number of phenolic OH excluding ortho intramolecular Hbond substituents is 1. The van der Waals surface area contributed by atoms with Crippen LogP contribution in [-0.4, -0.2) is 210 Å². The fourth-order valence-corrected chi connectivity index (χ4v) is 10.0. The van der Waals surface area contributed by atoms with Crippen LogP contribution in [0.1, 0.15) is 93.7 Å². The molecule has 0 unspecified atom stereocenters. The first-order valence-corrected chi connectivity index (χ1v) is 27.0. The Labute approximate surface area is 462 Å². The second kappa shape index (κ2) is 29.2. The fraction of sp³-hybridized carbons (Fsp3) is 0.574. The molecule has 6 rings (SSSR count). The van der Waals surface area contributed by atoms with Crippen molar-refractivity contribution in [3.8, 4) is 11.5 Å². The lowest BCUT2D eigenvalue weighted by atomic mass is 9.96. The molecule has 3 aromatic rings. The third-order valence-electron chi connectivity index (χ3n) is 14.5. The number of ether oxygens (including phenoxy) is 2. The first-order chi connectivity index (χ1) is 38.2. The van der Waals surface area contributed by atoms with Crippen LogP contribution < -0.4 is 42.8 Å². The standard InChI is InChI=1S/C54H77N9O17/c1-3-4-5-6-7-21-79-35-15-12-30-23-32(9-8-31(30)24-35)47(72)57-36-26-40(69)52(80-22-19-56)61-51(76)44-39(68)17-20-62(44)54(78)42(38(67)16-18-55)59-50(75)43(46(71)45(70)29-10-13-33(65)14-11-29)60-49(74)37-25-34(66)27-63(37)53(77)41(28(2)64)58-48(36)73/h8-15,23-24,28,34,36-46,52,64-71H,3-7,16-22,25-27,55-56H2,1-2H3,(H,57,72)(H,58,73)(H,59,75)(H,60,74)(H,61,76)/t28-,34-,36+,37+,38-,39+,40+,41+,42+,43+,44+,45+,46+,52-/m1/s1. The quantitative estimate of drug-likeness (QED) is 0.0524. The van der Waals surface area contributed by atoms with Crippen LogP contribution in [0.5, 0.6) is 11.5 Å². The van der Waals surface area contributed by atoms with Crippen LogP contribution in [0.25, 0.3) is 10.8 Å². The summed E-state index contributed by atoms with van der Waals surface area (Å²) in [6.45, 7) is 2.09. The van der Waals surface area contributed by atoms with Crippen LogP contribution in [-0.2, 0) is 33.5 Å². The SMILES string of the molecule is CCCCCCCOc1ccc2cc(C(=O)N[C@H]3C[C@H](O)[C@@H](OCCN)NC(=O)[C@@H]4[C@@H](O)CCN4C(=O)[C@H]([C@H](O)CCN)NC(=O)[C@H]([C@H](O)[C@@H](O)c4ccc(O)cc4)NC(=O)[C@@H]4C[C@@H](O)CN4C(=O)[C@H]([C@@H](C)O)NC3=O)ccc2c1. The minimum Gasteiger partial charge on any atom is -0.508 e. The highest BCUT2D eigenvalue weighted by Gasteiger charge is 2.49. The average Bonchev–Trinajstić information content (AvgIpc) is 4.03. The van der Waals surface area contributed by atoms with E-state index in [0.717, 1.165) is 66.3 Å². The number of aromatic hydroxyl groups is 1. The lowest BCUT2D eigenvalue weighted by molar-refractivity contribution is -0.149. The maximum absolute atomic E-state index is 14.6. The lowest BCUT2D eigenvalue weighted by Gasteiger charge is -2.35. The summed E-state index contributed by atoms with van der Waals surface area (Å²) in [5.41, 5.74) is 11.5. The molecule has 7 amide bonds. The van der Waals surface area contributed by atoms with Gasteiger partial charge in [-0.2, -0.15) is 0 Å². The summed E-state index contributed by atoms with van der Waals surface area (Å²) in [5, 5.41) is 103. The predicted octanol–water partition coefficient (Wildman–Crippen LogP) is -3.26. The molecular formula is C54H77N9O17. The molecule has 17 N–H and O–H groups in total. The first-order valence-electron chi connectivity index (χ1n) is 27.0. The zero-order chi connectivity index (χ0) is 58.4. The number of nitrogens with one attached hydrogen (secondary N) is 5. The van der Waals surface area contributed by atoms with Gasteiger partial charge in [0, 0.05) is 38.0 Å². The second-order valence-electron chi connectivity index (χ2n) is 20.5. The van der Waals surface area contributed by atoms with Gasteiger partial charge < -0.3 is 98.2 Å². The summed E-state index contributed by atoms with van der Waals surface area (Å²) in [6.07, 6.45) is -11.3. The van der Waals surface area contributed by atoms with E-state index in [9.17, 15) is 74.4 Å². The van der Waals surface area contributed by atoms with E-state index in [-0.39, 0.29) is 56.0 Å². The normalized spacial score (nSPS) is 27.1. The van der Waals surface area contributed by atoms with E-state index in [1.807, 2.05) is 6.07 Å². The molecule has 0 spiro atoms. The molecule has 14 atom stereocenters. The van der Waals surface area contributed by atoms with Crippen LogP contribution >= 0.6 is 0 Å². The molecule has 0 aliphatic carbocycles. The third-order valence-corrected chi connectivity index (χ3v) is 14.5. The topological polar surface area (TPSA) is 418 Å². The second-order valence-corrected chi connectivity index (χ2v) is 20.5. The van der Waals surface area contributed by atoms with Crippen molar-refractivity contribution in [1.29, 1.82) is 0 Å². The molecule has 0 radical (unpaired) electrons. The number of rotatable bonds is 19. The zero-order valence-electron chi connectivity index (χ0n) is 44.8. The summed E-state index contributed by atoms with van der Waals surface area (Å²) in [6, 6.07) is 3.11. The number of fused-ring (bicyclic) bond motifs is 3. The Kier molecular flexibility index (Phi) is 22.9. The van der Waals surface area contributed by atoms with Crippen molar-refractivity contribution in [1.82, 2.24) is 36.4 Å². The number of hydrogen-bond donors (Lipinski definition) is 15. The number of hydrogen-bond acceptors (Lipinski definition) is 19. The Balaban J connectivity index is 1.39. The van der Waals surface area contributed by atoms with Crippen LogP contribution in [0.3, 0.4) is 0 Å². The van der Waals surface area contributed by atoms with Gasteiger partial charge in [0.15, 0.2) is 6.23 Å². The van der Waals surface area contributed by atoms with Crippen molar-refractivity contribution >= 4 is 52.1 Å². The Morgan fingerprint density at radius 2 is 1.39 bits per heavy atom. The van der Waals surface area contributed by atoms with Gasteiger partial charge in [0.25, 0.3) is 5.91 Å². The molecule has 26 nitrogen and oxygen atoms in total. The molecule has 440 valence electrons. The van der Waals surface area contributed by atoms with Crippen molar-refractivity contribution in [3.63, 3.8) is 0 Å². The van der Waals surface area contributed by atoms with E-state index in [1.165, 1.54) is 18.2 Å². The highest BCUT2D eigenvalue weighted by atomic mass is 16.5. The van der Waals surface area contributed by atoms with E-state index in [0.29, 0.717) is 17.7 Å². The highest BCUT2D eigenvalue weighted by molar-refractivity contribution is 6.02. The predicted molar refractivity (Wildman–Crippen MR) is 285 cm³/mol. The number of carbonyl (C=O) groups is 7. The number of aliphatic hydroxyl groups is 7. The summed E-state index contributed by atoms with van der Waals surface area (Å²) >= 11 is 0. The Bertz CT molecular complexity index is 2610. The Morgan fingerprint density at radius 3 is 2.08 bits per heavy atom. The summed E-state index contributed by atoms with van der Waals surface area (Å²) in [5.74, 6) is -7.76. The van der Waals surface area contributed by atoms with Crippen LogP contribution in [0.2, 0.25) is 0 Å². The number of aliphatic hydroxyl groups excluding tert-OH is 7. The van der Waals surface area contributed by atoms with E-state index >= 15 is 0 Å². The van der Waals surface area contributed by atoms with Crippen molar-refractivity contribution in [2.75, 3.05) is 39.4 Å². The van der Waals surface area contributed by atoms with Gasteiger partial charge in [0.05, 0.1) is 37.6 Å². The number of nitrogens with two attached hydrogens (primary N) is 2. The minimum absolute atomic E-state index is 0.0425. The van der Waals surface area contributed by atoms with E-state index in [2.05, 4.69) is 33.5 Å². The largest absolute Gasteiger partial charge is 0.508 e. The highest BCUT2D eigenvalue weighted by Crippen LogP contribution is 2.27. The minimum atomic E-state index is -2.31. The molecule has 80 heavy (non-hydrogen) atoms. The molecule has 3 heterocycles.